The number of nitrogens with zero attached hydrogens (tertiary/aromatic N) is 1. The first-order chi connectivity index (χ1) is 9.06. The number of carbonyl (C=O) groups excluding carboxylic acids is 2. The Bertz CT molecular complexity index is 696. The van der Waals surface area contributed by atoms with E-state index in [9.17, 15) is 14.0 Å². The number of carbonyl (C=O) groups is 2. The number of anilines is 1. The average Bonchev–Trinajstić information content (AvgIpc) is 2.91. The Morgan fingerprint density at radius 1 is 1.47 bits per heavy atom. The van der Waals surface area contributed by atoms with Crippen molar-refractivity contribution < 1.29 is 14.0 Å². The number of halogens is 1. The molecule has 1 aliphatic rings. The molecule has 1 unspecified atom stereocenters. The molecule has 0 aromatic carbocycles. The fourth-order valence-corrected chi connectivity index (χ4v) is 2.92. The Hall–Kier alpha value is -2.08. The number of rotatable bonds is 2. The van der Waals surface area contributed by atoms with E-state index in [1.807, 2.05) is 12.3 Å². The van der Waals surface area contributed by atoms with Crippen LogP contribution >= 0.6 is 11.3 Å². The van der Waals surface area contributed by atoms with Crippen molar-refractivity contribution in [3.63, 3.8) is 0 Å². The maximum absolute atomic E-state index is 13.2. The quantitative estimate of drug-likeness (QED) is 0.521. The molecule has 6 heteroatoms. The molecule has 0 fully saturated rings. The smallest absolute Gasteiger partial charge is 0.241 e. The summed E-state index contributed by atoms with van der Waals surface area (Å²) in [5.41, 5.74) is 1.53. The van der Waals surface area contributed by atoms with Gasteiger partial charge in [0.25, 0.3) is 0 Å². The van der Waals surface area contributed by atoms with Gasteiger partial charge in [-0.15, -0.1) is 11.3 Å². The van der Waals surface area contributed by atoms with E-state index in [1.165, 1.54) is 17.4 Å². The zero-order valence-corrected chi connectivity index (χ0v) is 10.8. The number of aromatic nitrogens is 1. The molecular weight excluding hydrogens is 267 g/mol. The molecule has 0 bridgehead atoms. The monoisotopic (exact) mass is 276 g/mol. The fraction of sp³-hybridized carbons (Fsp3) is 0.154. The van der Waals surface area contributed by atoms with Crippen molar-refractivity contribution in [2.24, 2.45) is 0 Å². The lowest BCUT2D eigenvalue weighted by molar-refractivity contribution is -0.116. The van der Waals surface area contributed by atoms with E-state index in [0.29, 0.717) is 10.6 Å². The van der Waals surface area contributed by atoms with Gasteiger partial charge in [-0.3, -0.25) is 9.59 Å². The number of fused-ring (bicyclic) bond motifs is 1. The number of aryl methyl sites for hydroxylation is 1. The topological polar surface area (TPSA) is 59.1 Å². The lowest BCUT2D eigenvalue weighted by Gasteiger charge is -2.04. The highest BCUT2D eigenvalue weighted by Crippen LogP contribution is 2.34. The zero-order chi connectivity index (χ0) is 13.6. The molecule has 0 spiro atoms. The van der Waals surface area contributed by atoms with Crippen molar-refractivity contribution in [1.82, 2.24) is 4.98 Å². The van der Waals surface area contributed by atoms with Crippen LogP contribution in [0.2, 0.25) is 0 Å². The molecule has 2 aromatic rings. The molecule has 0 saturated heterocycles. The van der Waals surface area contributed by atoms with E-state index in [0.717, 1.165) is 11.6 Å². The second-order valence-electron chi connectivity index (χ2n) is 4.34. The van der Waals surface area contributed by atoms with Crippen LogP contribution in [0.15, 0.2) is 23.6 Å². The second-order valence-corrected chi connectivity index (χ2v) is 5.25. The molecule has 1 N–H and O–H groups in total. The number of amides is 1. The molecule has 4 nitrogen and oxygen atoms in total. The Morgan fingerprint density at radius 2 is 2.26 bits per heavy atom. The molecule has 1 amide bonds. The van der Waals surface area contributed by atoms with Crippen molar-refractivity contribution in [2.45, 2.75) is 12.8 Å². The largest absolute Gasteiger partial charge is 0.323 e. The van der Waals surface area contributed by atoms with Crippen molar-refractivity contribution in [3.05, 3.63) is 45.7 Å². The molecule has 0 aliphatic carbocycles. The van der Waals surface area contributed by atoms with Gasteiger partial charge in [-0.05, 0) is 36.1 Å². The zero-order valence-electron chi connectivity index (χ0n) is 9.94. The van der Waals surface area contributed by atoms with Gasteiger partial charge in [0.15, 0.2) is 5.78 Å². The molecule has 3 rings (SSSR count). The highest BCUT2D eigenvalue weighted by Gasteiger charge is 2.39. The molecular formula is C13H9FN2O2S. The van der Waals surface area contributed by atoms with Crippen molar-refractivity contribution >= 4 is 28.7 Å². The number of hydrogen-bond acceptors (Lipinski definition) is 4. The summed E-state index contributed by atoms with van der Waals surface area (Å²) in [7, 11) is 0. The Kier molecular flexibility index (Phi) is 2.67. The van der Waals surface area contributed by atoms with Gasteiger partial charge in [0, 0.05) is 0 Å². The minimum Gasteiger partial charge on any atom is -0.323 e. The molecule has 2 aromatic heterocycles. The highest BCUT2D eigenvalue weighted by atomic mass is 32.1. The molecule has 1 atom stereocenters. The molecule has 0 radical (unpaired) electrons. The number of Topliss-reactive ketones (excluding diaryl/α,β-unsaturated/α-hetero) is 1. The summed E-state index contributed by atoms with van der Waals surface area (Å²) in [5, 5.41) is 4.38. The molecule has 3 heterocycles. The van der Waals surface area contributed by atoms with Gasteiger partial charge in [-0.1, -0.05) is 0 Å². The minimum atomic E-state index is -1.05. The number of thiophene rings is 1. The fourth-order valence-electron chi connectivity index (χ4n) is 2.05. The van der Waals surface area contributed by atoms with Crippen molar-refractivity contribution in [2.75, 3.05) is 5.32 Å². The van der Waals surface area contributed by atoms with Crippen LogP contribution in [0, 0.1) is 12.9 Å². The van der Waals surface area contributed by atoms with E-state index < -0.39 is 17.8 Å². The van der Waals surface area contributed by atoms with Crippen LogP contribution in [0.25, 0.3) is 0 Å². The summed E-state index contributed by atoms with van der Waals surface area (Å²) in [5.74, 6) is -2.55. The van der Waals surface area contributed by atoms with Gasteiger partial charge < -0.3 is 5.32 Å². The normalized spacial score (nSPS) is 17.2. The van der Waals surface area contributed by atoms with E-state index in [-0.39, 0.29) is 11.5 Å². The van der Waals surface area contributed by atoms with Gasteiger partial charge >= 0.3 is 0 Å². The lowest BCUT2D eigenvalue weighted by atomic mass is 9.99. The van der Waals surface area contributed by atoms with Crippen molar-refractivity contribution in [1.29, 1.82) is 0 Å². The van der Waals surface area contributed by atoms with Gasteiger partial charge in [-0.2, -0.15) is 4.39 Å². The first-order valence-electron chi connectivity index (χ1n) is 5.63. The van der Waals surface area contributed by atoms with Crippen LogP contribution < -0.4 is 5.32 Å². The summed E-state index contributed by atoms with van der Waals surface area (Å²) >= 11 is 1.27. The number of nitrogens with one attached hydrogen (secondary N) is 1. The lowest BCUT2D eigenvalue weighted by Crippen LogP contribution is -2.21. The molecule has 96 valence electrons. The predicted octanol–water partition coefficient (Wildman–Crippen LogP) is 2.51. The highest BCUT2D eigenvalue weighted by molar-refractivity contribution is 7.12. The van der Waals surface area contributed by atoms with Crippen LogP contribution in [0.1, 0.15) is 26.8 Å². The van der Waals surface area contributed by atoms with Gasteiger partial charge in [-0.25, -0.2) is 4.98 Å². The predicted molar refractivity (Wildman–Crippen MR) is 69.0 cm³/mol. The molecule has 19 heavy (non-hydrogen) atoms. The Labute approximate surface area is 112 Å². The maximum Gasteiger partial charge on any atom is 0.241 e. The first-order valence-corrected chi connectivity index (χ1v) is 6.51. The summed E-state index contributed by atoms with van der Waals surface area (Å²) in [6.07, 6.45) is 0. The van der Waals surface area contributed by atoms with E-state index >= 15 is 0 Å². The molecule has 0 saturated carbocycles. The van der Waals surface area contributed by atoms with Crippen LogP contribution in [0.3, 0.4) is 0 Å². The summed E-state index contributed by atoms with van der Waals surface area (Å²) in [4.78, 5) is 28.4. The van der Waals surface area contributed by atoms with E-state index in [1.54, 1.807) is 6.07 Å². The first kappa shape index (κ1) is 12.0. The third-order valence-electron chi connectivity index (χ3n) is 2.92. The summed E-state index contributed by atoms with van der Waals surface area (Å²) < 4.78 is 13.2. The van der Waals surface area contributed by atoms with Gasteiger partial charge in [0.05, 0.1) is 16.3 Å². The van der Waals surface area contributed by atoms with Gasteiger partial charge in [0.1, 0.15) is 5.92 Å². The van der Waals surface area contributed by atoms with Crippen LogP contribution in [0.4, 0.5) is 10.1 Å². The standard InChI is InChI=1S/C13H9FN2O2S/c1-6-4-8(19-5-6)12(17)10-11-7(15-13(10)18)2-3-9(14)16-11/h2-5,10H,1H3,(H,15,18). The van der Waals surface area contributed by atoms with Crippen molar-refractivity contribution in [3.8, 4) is 0 Å². The number of hydrogen-bond donors (Lipinski definition) is 1. The van der Waals surface area contributed by atoms with Crippen LogP contribution in [-0.4, -0.2) is 16.7 Å². The van der Waals surface area contributed by atoms with E-state index in [4.69, 9.17) is 0 Å². The second kappa shape index (κ2) is 4.24. The SMILES string of the molecule is Cc1csc(C(=O)C2C(=O)Nc3ccc(F)nc32)c1. The third kappa shape index (κ3) is 1.94. The summed E-state index contributed by atoms with van der Waals surface area (Å²) in [6.45, 7) is 1.87. The third-order valence-corrected chi connectivity index (χ3v) is 3.98. The average molecular weight is 276 g/mol. The number of ketones is 1. The summed E-state index contributed by atoms with van der Waals surface area (Å²) in [6, 6.07) is 4.29. The van der Waals surface area contributed by atoms with E-state index in [2.05, 4.69) is 10.3 Å². The number of pyridine rings is 1. The van der Waals surface area contributed by atoms with Crippen LogP contribution in [0.5, 0.6) is 0 Å². The van der Waals surface area contributed by atoms with Crippen LogP contribution in [-0.2, 0) is 4.79 Å². The molecule has 1 aliphatic heterocycles. The minimum absolute atomic E-state index is 0.168. The van der Waals surface area contributed by atoms with Gasteiger partial charge in [0.2, 0.25) is 11.9 Å². The Morgan fingerprint density at radius 3 is 2.95 bits per heavy atom. The maximum atomic E-state index is 13.2. The Balaban J connectivity index is 2.04.